The van der Waals surface area contributed by atoms with Crippen molar-refractivity contribution >= 4 is 0 Å². The number of aryl methyl sites for hydroxylation is 1. The molecule has 1 heterocycles. The van der Waals surface area contributed by atoms with Gasteiger partial charge < -0.3 is 0 Å². The number of hydrogen-bond acceptors (Lipinski definition) is 2. The molecule has 0 fully saturated rings. The summed E-state index contributed by atoms with van der Waals surface area (Å²) in [6, 6.07) is 0. The van der Waals surface area contributed by atoms with Gasteiger partial charge in [0.05, 0.1) is 11.4 Å². The molecule has 3 heteroatoms. The van der Waals surface area contributed by atoms with Crippen molar-refractivity contribution in [3.05, 3.63) is 11.4 Å². The molecular weight excluding hydrogens is 126 g/mol. The standard InChI is InChI=1S/C7H13N3/c1-4-6-7(5(2)3)9-10-8-6/h5H,4H2,1-3H3,(H,8,9,10). The summed E-state index contributed by atoms with van der Waals surface area (Å²) in [6.45, 7) is 6.35. The van der Waals surface area contributed by atoms with Gasteiger partial charge in [0.1, 0.15) is 0 Å². The fraction of sp³-hybridized carbons (Fsp3) is 0.714. The second kappa shape index (κ2) is 2.82. The van der Waals surface area contributed by atoms with Crippen LogP contribution in [0.3, 0.4) is 0 Å². The van der Waals surface area contributed by atoms with E-state index in [1.807, 2.05) is 0 Å². The van der Waals surface area contributed by atoms with E-state index >= 15 is 0 Å². The average molecular weight is 139 g/mol. The van der Waals surface area contributed by atoms with E-state index in [1.165, 1.54) is 5.69 Å². The van der Waals surface area contributed by atoms with E-state index in [4.69, 9.17) is 0 Å². The number of H-pyrrole nitrogens is 1. The summed E-state index contributed by atoms with van der Waals surface area (Å²) < 4.78 is 0. The van der Waals surface area contributed by atoms with Gasteiger partial charge in [-0.1, -0.05) is 26.0 Å². The Balaban J connectivity index is 2.90. The molecule has 0 atom stereocenters. The summed E-state index contributed by atoms with van der Waals surface area (Å²) in [5.74, 6) is 0.505. The van der Waals surface area contributed by atoms with Gasteiger partial charge in [-0.2, -0.15) is 0 Å². The first-order valence-electron chi connectivity index (χ1n) is 3.65. The molecule has 0 saturated carbocycles. The number of nitrogens with zero attached hydrogens (tertiary/aromatic N) is 2. The lowest BCUT2D eigenvalue weighted by atomic mass is 10.1. The highest BCUT2D eigenvalue weighted by atomic mass is 15.3. The van der Waals surface area contributed by atoms with E-state index in [-0.39, 0.29) is 0 Å². The van der Waals surface area contributed by atoms with Gasteiger partial charge >= 0.3 is 0 Å². The van der Waals surface area contributed by atoms with Crippen LogP contribution in [0.5, 0.6) is 0 Å². The summed E-state index contributed by atoms with van der Waals surface area (Å²) >= 11 is 0. The molecule has 0 aromatic carbocycles. The van der Waals surface area contributed by atoms with Gasteiger partial charge in [0.25, 0.3) is 0 Å². The van der Waals surface area contributed by atoms with Crippen molar-refractivity contribution < 1.29 is 0 Å². The monoisotopic (exact) mass is 139 g/mol. The van der Waals surface area contributed by atoms with Gasteiger partial charge in [-0.05, 0) is 12.3 Å². The Hall–Kier alpha value is -0.860. The van der Waals surface area contributed by atoms with Crippen molar-refractivity contribution in [2.75, 3.05) is 0 Å². The van der Waals surface area contributed by atoms with Gasteiger partial charge in [0.15, 0.2) is 0 Å². The predicted octanol–water partition coefficient (Wildman–Crippen LogP) is 1.49. The quantitative estimate of drug-likeness (QED) is 0.674. The van der Waals surface area contributed by atoms with Gasteiger partial charge in [-0.15, -0.1) is 5.10 Å². The summed E-state index contributed by atoms with van der Waals surface area (Å²) in [4.78, 5) is 0. The SMILES string of the molecule is CCc1nn[nH]c1C(C)C. The van der Waals surface area contributed by atoms with Gasteiger partial charge in [-0.25, -0.2) is 0 Å². The molecule has 1 N–H and O–H groups in total. The van der Waals surface area contributed by atoms with Gasteiger partial charge in [-0.3, -0.25) is 5.10 Å². The van der Waals surface area contributed by atoms with Gasteiger partial charge in [0, 0.05) is 0 Å². The molecule has 10 heavy (non-hydrogen) atoms. The summed E-state index contributed by atoms with van der Waals surface area (Å²) in [5.41, 5.74) is 2.26. The van der Waals surface area contributed by atoms with E-state index in [0.717, 1.165) is 12.1 Å². The number of aromatic amines is 1. The third-order valence-corrected chi connectivity index (χ3v) is 1.56. The zero-order valence-electron chi connectivity index (χ0n) is 6.68. The Labute approximate surface area is 60.8 Å². The number of rotatable bonds is 2. The normalized spacial score (nSPS) is 10.8. The first-order valence-corrected chi connectivity index (χ1v) is 3.65. The summed E-state index contributed by atoms with van der Waals surface area (Å²) in [7, 11) is 0. The van der Waals surface area contributed by atoms with E-state index in [9.17, 15) is 0 Å². The first kappa shape index (κ1) is 7.25. The second-order valence-electron chi connectivity index (χ2n) is 2.68. The van der Waals surface area contributed by atoms with E-state index in [1.54, 1.807) is 0 Å². The molecule has 0 aliphatic rings. The molecule has 0 aliphatic heterocycles. The highest BCUT2D eigenvalue weighted by Gasteiger charge is 2.07. The molecule has 0 spiro atoms. The Bertz CT molecular complexity index is 202. The Morgan fingerprint density at radius 1 is 1.50 bits per heavy atom. The lowest BCUT2D eigenvalue weighted by Crippen LogP contribution is -1.93. The minimum absolute atomic E-state index is 0.505. The van der Waals surface area contributed by atoms with Crippen LogP contribution >= 0.6 is 0 Å². The van der Waals surface area contributed by atoms with Crippen LogP contribution in [0, 0.1) is 0 Å². The van der Waals surface area contributed by atoms with E-state index in [0.29, 0.717) is 5.92 Å². The Kier molecular flexibility index (Phi) is 2.04. The topological polar surface area (TPSA) is 41.6 Å². The third-order valence-electron chi connectivity index (χ3n) is 1.56. The van der Waals surface area contributed by atoms with Crippen LogP contribution in [-0.4, -0.2) is 15.4 Å². The molecule has 0 aliphatic carbocycles. The van der Waals surface area contributed by atoms with Crippen molar-refractivity contribution in [1.29, 1.82) is 0 Å². The fourth-order valence-corrected chi connectivity index (χ4v) is 0.981. The van der Waals surface area contributed by atoms with Crippen LogP contribution in [0.1, 0.15) is 38.1 Å². The largest absolute Gasteiger partial charge is 0.262 e. The maximum atomic E-state index is 3.95. The minimum Gasteiger partial charge on any atom is -0.262 e. The molecule has 0 saturated heterocycles. The van der Waals surface area contributed by atoms with Crippen LogP contribution in [0.25, 0.3) is 0 Å². The van der Waals surface area contributed by atoms with Crippen LogP contribution < -0.4 is 0 Å². The predicted molar refractivity (Wildman–Crippen MR) is 39.8 cm³/mol. The van der Waals surface area contributed by atoms with Crippen molar-refractivity contribution in [1.82, 2.24) is 15.4 Å². The Morgan fingerprint density at radius 2 is 2.20 bits per heavy atom. The molecule has 1 aromatic heterocycles. The first-order chi connectivity index (χ1) is 4.75. The number of hydrogen-bond donors (Lipinski definition) is 1. The van der Waals surface area contributed by atoms with Crippen LogP contribution in [0.2, 0.25) is 0 Å². The lowest BCUT2D eigenvalue weighted by molar-refractivity contribution is 0.796. The fourth-order valence-electron chi connectivity index (χ4n) is 0.981. The molecule has 0 bridgehead atoms. The molecule has 56 valence electrons. The maximum Gasteiger partial charge on any atom is 0.0856 e. The molecule has 0 amide bonds. The summed E-state index contributed by atoms with van der Waals surface area (Å²) in [6.07, 6.45) is 0.962. The van der Waals surface area contributed by atoms with Crippen LogP contribution in [-0.2, 0) is 6.42 Å². The van der Waals surface area contributed by atoms with Gasteiger partial charge in [0.2, 0.25) is 0 Å². The molecular formula is C7H13N3. The van der Waals surface area contributed by atoms with E-state index in [2.05, 4.69) is 36.2 Å². The zero-order chi connectivity index (χ0) is 7.56. The van der Waals surface area contributed by atoms with Crippen molar-refractivity contribution in [3.8, 4) is 0 Å². The van der Waals surface area contributed by atoms with Crippen molar-refractivity contribution in [3.63, 3.8) is 0 Å². The third kappa shape index (κ3) is 1.17. The molecule has 1 aromatic rings. The maximum absolute atomic E-state index is 3.95. The van der Waals surface area contributed by atoms with Crippen LogP contribution in [0.4, 0.5) is 0 Å². The zero-order valence-corrected chi connectivity index (χ0v) is 6.68. The minimum atomic E-state index is 0.505. The van der Waals surface area contributed by atoms with E-state index < -0.39 is 0 Å². The number of aromatic nitrogens is 3. The molecule has 0 unspecified atom stereocenters. The number of nitrogens with one attached hydrogen (secondary N) is 1. The Morgan fingerprint density at radius 3 is 2.60 bits per heavy atom. The highest BCUT2D eigenvalue weighted by molar-refractivity contribution is 5.11. The van der Waals surface area contributed by atoms with Crippen molar-refractivity contribution in [2.24, 2.45) is 0 Å². The lowest BCUT2D eigenvalue weighted by Gasteiger charge is -2.00. The van der Waals surface area contributed by atoms with Crippen molar-refractivity contribution in [2.45, 2.75) is 33.1 Å². The molecule has 1 rings (SSSR count). The molecule has 3 nitrogen and oxygen atoms in total. The van der Waals surface area contributed by atoms with Crippen LogP contribution in [0.15, 0.2) is 0 Å². The summed E-state index contributed by atoms with van der Waals surface area (Å²) in [5, 5.41) is 10.6. The molecule has 0 radical (unpaired) electrons. The smallest absolute Gasteiger partial charge is 0.0856 e. The highest BCUT2D eigenvalue weighted by Crippen LogP contribution is 2.13. The average Bonchev–Trinajstić information content (AvgIpc) is 2.33. The second-order valence-corrected chi connectivity index (χ2v) is 2.68.